The number of hydrogen-bond acceptors (Lipinski definition) is 4. The SMILES string of the molecule is O=C(NCC1(c2ccccc2)CCOCC1)c1cc([N+](=O)[O-])ccc1I. The smallest absolute Gasteiger partial charge is 0.270 e. The van der Waals surface area contributed by atoms with Crippen molar-refractivity contribution in [1.82, 2.24) is 5.32 Å². The molecule has 136 valence electrons. The molecule has 0 atom stereocenters. The lowest BCUT2D eigenvalue weighted by Crippen LogP contribution is -2.44. The summed E-state index contributed by atoms with van der Waals surface area (Å²) >= 11 is 2.02. The summed E-state index contributed by atoms with van der Waals surface area (Å²) in [5.74, 6) is -0.292. The molecule has 1 aliphatic heterocycles. The van der Waals surface area contributed by atoms with Crippen LogP contribution >= 0.6 is 22.6 Å². The first kappa shape index (κ1) is 18.8. The second-order valence-electron chi connectivity index (χ2n) is 6.36. The van der Waals surface area contributed by atoms with Crippen molar-refractivity contribution in [3.05, 3.63) is 73.3 Å². The van der Waals surface area contributed by atoms with Crippen LogP contribution in [0, 0.1) is 13.7 Å². The van der Waals surface area contributed by atoms with Crippen molar-refractivity contribution in [2.45, 2.75) is 18.3 Å². The second-order valence-corrected chi connectivity index (χ2v) is 7.52. The molecule has 7 heteroatoms. The molecule has 26 heavy (non-hydrogen) atoms. The zero-order valence-electron chi connectivity index (χ0n) is 14.1. The van der Waals surface area contributed by atoms with Crippen LogP contribution in [0.3, 0.4) is 0 Å². The molecule has 1 N–H and O–H groups in total. The number of halogens is 1. The van der Waals surface area contributed by atoms with E-state index < -0.39 is 4.92 Å². The molecule has 0 aromatic heterocycles. The lowest BCUT2D eigenvalue weighted by Gasteiger charge is -2.38. The molecule has 0 aliphatic carbocycles. The monoisotopic (exact) mass is 466 g/mol. The Balaban J connectivity index is 1.80. The minimum atomic E-state index is -0.489. The molecule has 3 rings (SSSR count). The van der Waals surface area contributed by atoms with Gasteiger partial charge in [-0.3, -0.25) is 14.9 Å². The van der Waals surface area contributed by atoms with Gasteiger partial charge in [-0.1, -0.05) is 30.3 Å². The Bertz CT molecular complexity index is 804. The average molecular weight is 466 g/mol. The minimum Gasteiger partial charge on any atom is -0.381 e. The predicted molar refractivity (Wildman–Crippen MR) is 106 cm³/mol. The van der Waals surface area contributed by atoms with Crippen LogP contribution in [0.15, 0.2) is 48.5 Å². The maximum Gasteiger partial charge on any atom is 0.270 e. The number of carbonyl (C=O) groups excluding carboxylic acids is 1. The fourth-order valence-electron chi connectivity index (χ4n) is 3.27. The lowest BCUT2D eigenvalue weighted by molar-refractivity contribution is -0.384. The zero-order chi connectivity index (χ0) is 18.6. The van der Waals surface area contributed by atoms with Gasteiger partial charge in [0.2, 0.25) is 0 Å². The number of rotatable bonds is 5. The molecular weight excluding hydrogens is 447 g/mol. The summed E-state index contributed by atoms with van der Waals surface area (Å²) in [5.41, 5.74) is 1.24. The number of carbonyl (C=O) groups is 1. The molecule has 1 fully saturated rings. The fraction of sp³-hybridized carbons (Fsp3) is 0.316. The van der Waals surface area contributed by atoms with E-state index >= 15 is 0 Å². The predicted octanol–water partition coefficient (Wildman–Crippen LogP) is 3.68. The van der Waals surface area contributed by atoms with Crippen LogP contribution in [-0.4, -0.2) is 30.6 Å². The standard InChI is InChI=1S/C19H19IN2O4/c20-17-7-6-15(22(24)25)12-16(17)18(23)21-13-19(8-10-26-11-9-19)14-4-2-1-3-5-14/h1-7,12H,8-11,13H2,(H,21,23). The van der Waals surface area contributed by atoms with Gasteiger partial charge in [0.1, 0.15) is 0 Å². The quantitative estimate of drug-likeness (QED) is 0.414. The van der Waals surface area contributed by atoms with Crippen molar-refractivity contribution in [3.63, 3.8) is 0 Å². The van der Waals surface area contributed by atoms with E-state index in [1.165, 1.54) is 17.7 Å². The summed E-state index contributed by atoms with van der Waals surface area (Å²) in [7, 11) is 0. The van der Waals surface area contributed by atoms with Gasteiger partial charge in [0.05, 0.1) is 10.5 Å². The van der Waals surface area contributed by atoms with Gasteiger partial charge in [-0.2, -0.15) is 0 Å². The number of non-ortho nitro benzene ring substituents is 1. The molecule has 2 aromatic rings. The Morgan fingerprint density at radius 1 is 1.19 bits per heavy atom. The number of nitro benzene ring substituents is 1. The molecule has 0 radical (unpaired) electrons. The van der Waals surface area contributed by atoms with Crippen LogP contribution in [0.5, 0.6) is 0 Å². The third kappa shape index (κ3) is 4.04. The molecular formula is C19H19IN2O4. The Labute approximate surface area is 165 Å². The molecule has 1 aliphatic rings. The van der Waals surface area contributed by atoms with E-state index in [0.717, 1.165) is 12.8 Å². The molecule has 1 heterocycles. The van der Waals surface area contributed by atoms with Gasteiger partial charge >= 0.3 is 0 Å². The van der Waals surface area contributed by atoms with E-state index in [-0.39, 0.29) is 17.0 Å². The number of nitrogens with one attached hydrogen (secondary N) is 1. The molecule has 0 unspecified atom stereocenters. The van der Waals surface area contributed by atoms with Crippen LogP contribution in [0.25, 0.3) is 0 Å². The van der Waals surface area contributed by atoms with Gasteiger partial charge in [-0.25, -0.2) is 0 Å². The van der Waals surface area contributed by atoms with Crippen LogP contribution in [0.2, 0.25) is 0 Å². The van der Waals surface area contributed by atoms with E-state index in [1.54, 1.807) is 6.07 Å². The normalized spacial score (nSPS) is 16.0. The highest BCUT2D eigenvalue weighted by molar-refractivity contribution is 14.1. The number of benzene rings is 2. The van der Waals surface area contributed by atoms with Crippen molar-refractivity contribution in [2.75, 3.05) is 19.8 Å². The summed E-state index contributed by atoms with van der Waals surface area (Å²) in [4.78, 5) is 23.2. The van der Waals surface area contributed by atoms with Crippen molar-refractivity contribution >= 4 is 34.2 Å². The lowest BCUT2D eigenvalue weighted by atomic mass is 9.74. The molecule has 2 aromatic carbocycles. The van der Waals surface area contributed by atoms with Crippen molar-refractivity contribution in [1.29, 1.82) is 0 Å². The van der Waals surface area contributed by atoms with Crippen molar-refractivity contribution in [3.8, 4) is 0 Å². The summed E-state index contributed by atoms with van der Waals surface area (Å²) in [6.07, 6.45) is 1.65. The van der Waals surface area contributed by atoms with Gasteiger partial charge in [0.25, 0.3) is 11.6 Å². The number of ether oxygens (including phenoxy) is 1. The van der Waals surface area contributed by atoms with Crippen LogP contribution < -0.4 is 5.32 Å². The molecule has 6 nitrogen and oxygen atoms in total. The summed E-state index contributed by atoms with van der Waals surface area (Å²) in [6, 6.07) is 14.5. The van der Waals surface area contributed by atoms with E-state index in [0.29, 0.717) is 28.9 Å². The number of nitrogens with zero attached hydrogens (tertiary/aromatic N) is 1. The van der Waals surface area contributed by atoms with Crippen molar-refractivity contribution in [2.24, 2.45) is 0 Å². The highest BCUT2D eigenvalue weighted by Crippen LogP contribution is 2.34. The largest absolute Gasteiger partial charge is 0.381 e. The first-order chi connectivity index (χ1) is 12.5. The minimum absolute atomic E-state index is 0.0839. The maximum absolute atomic E-state index is 12.7. The van der Waals surface area contributed by atoms with Crippen LogP contribution in [0.4, 0.5) is 5.69 Å². The average Bonchev–Trinajstić information content (AvgIpc) is 2.67. The summed E-state index contributed by atoms with van der Waals surface area (Å²) < 4.78 is 6.20. The maximum atomic E-state index is 12.7. The summed E-state index contributed by atoms with van der Waals surface area (Å²) in [6.45, 7) is 1.77. The first-order valence-electron chi connectivity index (χ1n) is 8.37. The third-order valence-electron chi connectivity index (χ3n) is 4.83. The zero-order valence-corrected chi connectivity index (χ0v) is 16.3. The molecule has 0 saturated carbocycles. The van der Waals surface area contributed by atoms with Crippen molar-refractivity contribution < 1.29 is 14.5 Å². The van der Waals surface area contributed by atoms with Gasteiger partial charge in [-0.05, 0) is 47.1 Å². The molecule has 1 amide bonds. The highest BCUT2D eigenvalue weighted by atomic mass is 127. The first-order valence-corrected chi connectivity index (χ1v) is 9.45. The van der Waals surface area contributed by atoms with E-state index in [9.17, 15) is 14.9 Å². The van der Waals surface area contributed by atoms with E-state index in [1.807, 2.05) is 40.8 Å². The number of nitro groups is 1. The number of amides is 1. The van der Waals surface area contributed by atoms with Gasteiger partial charge < -0.3 is 10.1 Å². The Kier molecular flexibility index (Phi) is 5.87. The third-order valence-corrected chi connectivity index (χ3v) is 5.77. The van der Waals surface area contributed by atoms with Gasteiger partial charge in [0.15, 0.2) is 0 Å². The highest BCUT2D eigenvalue weighted by Gasteiger charge is 2.35. The number of hydrogen-bond donors (Lipinski definition) is 1. The van der Waals surface area contributed by atoms with Crippen LogP contribution in [-0.2, 0) is 10.2 Å². The molecule has 0 spiro atoms. The summed E-state index contributed by atoms with van der Waals surface area (Å²) in [5, 5.41) is 14.0. The van der Waals surface area contributed by atoms with E-state index in [4.69, 9.17) is 4.74 Å². The molecule has 1 saturated heterocycles. The van der Waals surface area contributed by atoms with Crippen LogP contribution in [0.1, 0.15) is 28.8 Å². The van der Waals surface area contributed by atoms with E-state index in [2.05, 4.69) is 17.4 Å². The van der Waals surface area contributed by atoms with Gasteiger partial charge in [-0.15, -0.1) is 0 Å². The fourth-order valence-corrected chi connectivity index (χ4v) is 3.85. The Morgan fingerprint density at radius 3 is 2.54 bits per heavy atom. The topological polar surface area (TPSA) is 81.5 Å². The van der Waals surface area contributed by atoms with Gasteiger partial charge in [0, 0.05) is 40.9 Å². The second kappa shape index (κ2) is 8.13. The molecule has 0 bridgehead atoms. The Hall–Kier alpha value is -2.00. The Morgan fingerprint density at radius 2 is 1.88 bits per heavy atom.